The van der Waals surface area contributed by atoms with E-state index in [0.29, 0.717) is 11.1 Å². The van der Waals surface area contributed by atoms with Gasteiger partial charge in [-0.25, -0.2) is 9.18 Å². The van der Waals surface area contributed by atoms with Crippen LogP contribution in [0.3, 0.4) is 0 Å². The Hall–Kier alpha value is -3.26. The van der Waals surface area contributed by atoms with Crippen LogP contribution in [0.15, 0.2) is 36.4 Å². The lowest BCUT2D eigenvalue weighted by molar-refractivity contribution is -0.384. The smallest absolute Gasteiger partial charge is 0.331 e. The molecule has 28 heavy (non-hydrogen) atoms. The van der Waals surface area contributed by atoms with Gasteiger partial charge in [-0.05, 0) is 54.8 Å². The highest BCUT2D eigenvalue weighted by atomic mass is 35.5. The highest BCUT2D eigenvalue weighted by molar-refractivity contribution is 6.30. The van der Waals surface area contributed by atoms with Crippen molar-refractivity contribution < 1.29 is 23.6 Å². The fourth-order valence-corrected chi connectivity index (χ4v) is 2.39. The maximum atomic E-state index is 13.1. The van der Waals surface area contributed by atoms with E-state index in [4.69, 9.17) is 16.3 Å². The molecule has 0 saturated heterocycles. The van der Waals surface area contributed by atoms with Crippen LogP contribution in [0.1, 0.15) is 16.7 Å². The van der Waals surface area contributed by atoms with E-state index in [2.05, 4.69) is 5.32 Å². The molecule has 0 atom stereocenters. The molecular formula is C19H16ClFN2O5. The number of halogens is 2. The number of hydrogen-bond acceptors (Lipinski definition) is 5. The van der Waals surface area contributed by atoms with Gasteiger partial charge in [0.05, 0.1) is 9.95 Å². The maximum Gasteiger partial charge on any atom is 0.331 e. The highest BCUT2D eigenvalue weighted by Crippen LogP contribution is 2.27. The minimum absolute atomic E-state index is 0.0191. The number of esters is 1. The molecule has 0 aliphatic heterocycles. The van der Waals surface area contributed by atoms with Gasteiger partial charge in [-0.2, -0.15) is 0 Å². The number of carbonyl (C=O) groups excluding carboxylic acids is 2. The molecule has 0 fully saturated rings. The molecule has 1 N–H and O–H groups in total. The van der Waals surface area contributed by atoms with Crippen LogP contribution >= 0.6 is 11.6 Å². The van der Waals surface area contributed by atoms with Crippen molar-refractivity contribution in [3.8, 4) is 0 Å². The van der Waals surface area contributed by atoms with Crippen molar-refractivity contribution in [2.75, 3.05) is 11.9 Å². The van der Waals surface area contributed by atoms with Crippen molar-refractivity contribution in [1.29, 1.82) is 0 Å². The van der Waals surface area contributed by atoms with Gasteiger partial charge in [-0.1, -0.05) is 17.7 Å². The monoisotopic (exact) mass is 406 g/mol. The second-order valence-corrected chi connectivity index (χ2v) is 6.28. The molecule has 2 aromatic carbocycles. The Morgan fingerprint density at radius 2 is 1.93 bits per heavy atom. The molecule has 0 bridgehead atoms. The third kappa shape index (κ3) is 5.62. The first-order chi connectivity index (χ1) is 13.2. The number of hydrogen-bond donors (Lipinski definition) is 1. The van der Waals surface area contributed by atoms with Crippen molar-refractivity contribution in [3.05, 3.63) is 74.1 Å². The summed E-state index contributed by atoms with van der Waals surface area (Å²) in [5.41, 5.74) is 1.71. The lowest BCUT2D eigenvalue weighted by Gasteiger charge is -2.09. The molecule has 0 aromatic heterocycles. The van der Waals surface area contributed by atoms with Crippen molar-refractivity contribution >= 4 is 40.9 Å². The van der Waals surface area contributed by atoms with Gasteiger partial charge in [-0.15, -0.1) is 0 Å². The van der Waals surface area contributed by atoms with Crippen LogP contribution in [0.2, 0.25) is 5.02 Å². The summed E-state index contributed by atoms with van der Waals surface area (Å²) in [6.45, 7) is 2.84. The van der Waals surface area contributed by atoms with Gasteiger partial charge in [0, 0.05) is 12.1 Å². The summed E-state index contributed by atoms with van der Waals surface area (Å²) in [6, 6.07) is 6.72. The second-order valence-electron chi connectivity index (χ2n) is 5.87. The van der Waals surface area contributed by atoms with Gasteiger partial charge < -0.3 is 10.1 Å². The van der Waals surface area contributed by atoms with Gasteiger partial charge in [0.1, 0.15) is 11.5 Å². The topological polar surface area (TPSA) is 98.5 Å². The zero-order valence-electron chi connectivity index (χ0n) is 15.0. The molecule has 0 spiro atoms. The molecule has 2 rings (SSSR count). The molecule has 146 valence electrons. The van der Waals surface area contributed by atoms with Gasteiger partial charge in [0.2, 0.25) is 0 Å². The number of aryl methyl sites for hydroxylation is 2. The normalized spacial score (nSPS) is 10.7. The summed E-state index contributed by atoms with van der Waals surface area (Å²) >= 11 is 5.64. The van der Waals surface area contributed by atoms with E-state index in [1.165, 1.54) is 30.3 Å². The summed E-state index contributed by atoms with van der Waals surface area (Å²) in [5, 5.41) is 13.4. The SMILES string of the molecule is Cc1cc(NC(=O)COC(=O)/C=C/c2ccc(F)c(Cl)c2)c([N+](=O)[O-])cc1C. The van der Waals surface area contributed by atoms with Crippen LogP contribution < -0.4 is 5.32 Å². The Morgan fingerprint density at radius 3 is 2.57 bits per heavy atom. The van der Waals surface area contributed by atoms with Gasteiger partial charge in [0.15, 0.2) is 6.61 Å². The standard InChI is InChI=1S/C19H16ClFN2O5/c1-11-7-16(17(23(26)27)8-12(11)2)22-18(24)10-28-19(25)6-4-13-3-5-15(21)14(20)9-13/h3-9H,10H2,1-2H3,(H,22,24)/b6-4+. The third-order valence-electron chi connectivity index (χ3n) is 3.78. The van der Waals surface area contributed by atoms with Crippen LogP contribution in [-0.2, 0) is 14.3 Å². The Labute approximate surface area is 164 Å². The largest absolute Gasteiger partial charge is 0.452 e. The van der Waals surface area contributed by atoms with Gasteiger partial charge in [0.25, 0.3) is 11.6 Å². The van der Waals surface area contributed by atoms with E-state index < -0.39 is 29.2 Å². The predicted molar refractivity (Wildman–Crippen MR) is 103 cm³/mol. The molecule has 9 heteroatoms. The van der Waals surface area contributed by atoms with Crippen LogP contribution in [0.5, 0.6) is 0 Å². The Balaban J connectivity index is 1.96. The van der Waals surface area contributed by atoms with Gasteiger partial charge >= 0.3 is 5.97 Å². The predicted octanol–water partition coefficient (Wildman–Crippen LogP) is 4.20. The van der Waals surface area contributed by atoms with E-state index >= 15 is 0 Å². The number of nitro benzene ring substituents is 1. The first kappa shape index (κ1) is 21.0. The molecule has 0 radical (unpaired) electrons. The minimum atomic E-state index is -0.815. The van der Waals surface area contributed by atoms with Crippen molar-refractivity contribution in [2.24, 2.45) is 0 Å². The number of rotatable bonds is 6. The molecule has 1 amide bonds. The molecular weight excluding hydrogens is 391 g/mol. The van der Waals surface area contributed by atoms with E-state index in [9.17, 15) is 24.1 Å². The van der Waals surface area contributed by atoms with E-state index in [1.807, 2.05) is 0 Å². The van der Waals surface area contributed by atoms with E-state index in [-0.39, 0.29) is 16.4 Å². The zero-order chi connectivity index (χ0) is 20.8. The highest BCUT2D eigenvalue weighted by Gasteiger charge is 2.18. The van der Waals surface area contributed by atoms with Crippen LogP contribution in [0.25, 0.3) is 6.08 Å². The summed E-state index contributed by atoms with van der Waals surface area (Å²) in [7, 11) is 0. The quantitative estimate of drug-likeness (QED) is 0.335. The fourth-order valence-electron chi connectivity index (χ4n) is 2.20. The second kappa shape index (κ2) is 9.09. The first-order valence-corrected chi connectivity index (χ1v) is 8.40. The first-order valence-electron chi connectivity index (χ1n) is 8.02. The third-order valence-corrected chi connectivity index (χ3v) is 4.07. The van der Waals surface area contributed by atoms with Crippen LogP contribution in [0.4, 0.5) is 15.8 Å². The lowest BCUT2D eigenvalue weighted by atomic mass is 10.1. The summed E-state index contributed by atoms with van der Waals surface area (Å²) in [5.74, 6) is -2.12. The Bertz CT molecular complexity index is 975. The Morgan fingerprint density at radius 1 is 1.25 bits per heavy atom. The molecule has 0 aliphatic rings. The van der Waals surface area contributed by atoms with Gasteiger partial charge in [-0.3, -0.25) is 14.9 Å². The average Bonchev–Trinajstić information content (AvgIpc) is 2.63. The van der Waals surface area contributed by atoms with Crippen molar-refractivity contribution in [2.45, 2.75) is 13.8 Å². The number of nitro groups is 1. The van der Waals surface area contributed by atoms with Crippen molar-refractivity contribution in [1.82, 2.24) is 0 Å². The molecule has 2 aromatic rings. The van der Waals surface area contributed by atoms with Crippen LogP contribution in [-0.4, -0.2) is 23.4 Å². The number of nitrogens with one attached hydrogen (secondary N) is 1. The zero-order valence-corrected chi connectivity index (χ0v) is 15.7. The minimum Gasteiger partial charge on any atom is -0.452 e. The number of ether oxygens (including phenoxy) is 1. The number of nitrogens with zero attached hydrogens (tertiary/aromatic N) is 1. The molecule has 0 unspecified atom stereocenters. The summed E-state index contributed by atoms with van der Waals surface area (Å²) in [6.07, 6.45) is 2.40. The summed E-state index contributed by atoms with van der Waals surface area (Å²) in [4.78, 5) is 34.2. The fraction of sp³-hybridized carbons (Fsp3) is 0.158. The van der Waals surface area contributed by atoms with Crippen LogP contribution in [0, 0.1) is 29.8 Å². The van der Waals surface area contributed by atoms with Crippen molar-refractivity contribution in [3.63, 3.8) is 0 Å². The average molecular weight is 407 g/mol. The number of amides is 1. The maximum absolute atomic E-state index is 13.1. The van der Waals surface area contributed by atoms with E-state index in [0.717, 1.165) is 17.7 Å². The summed E-state index contributed by atoms with van der Waals surface area (Å²) < 4.78 is 17.9. The molecule has 0 heterocycles. The molecule has 0 aliphatic carbocycles. The number of benzene rings is 2. The lowest BCUT2D eigenvalue weighted by Crippen LogP contribution is -2.20. The Kier molecular flexibility index (Phi) is 6.84. The number of anilines is 1. The number of carbonyl (C=O) groups is 2. The van der Waals surface area contributed by atoms with E-state index in [1.54, 1.807) is 13.8 Å². The molecule has 7 nitrogen and oxygen atoms in total. The molecule has 0 saturated carbocycles.